The zero-order valence-electron chi connectivity index (χ0n) is 6.34. The van der Waals surface area contributed by atoms with E-state index < -0.39 is 0 Å². The normalized spacial score (nSPS) is 10.2. The summed E-state index contributed by atoms with van der Waals surface area (Å²) in [5.74, 6) is 0. The van der Waals surface area contributed by atoms with Gasteiger partial charge in [0.2, 0.25) is 0 Å². The summed E-state index contributed by atoms with van der Waals surface area (Å²) >= 11 is 7.33. The standard InChI is InChI=1S/C9H3BrINS/c10-9-5-1-2-13-8(5)3-7(11)6(9)4-12/h1-3H. The summed E-state index contributed by atoms with van der Waals surface area (Å²) in [6.45, 7) is 0. The van der Waals surface area contributed by atoms with Gasteiger partial charge in [0, 0.05) is 18.1 Å². The molecular formula is C9H3BrINS. The number of thiophene rings is 1. The van der Waals surface area contributed by atoms with Crippen LogP contribution in [0.2, 0.25) is 0 Å². The molecule has 1 aromatic heterocycles. The molecule has 0 radical (unpaired) electrons. The van der Waals surface area contributed by atoms with E-state index in [0.717, 1.165) is 19.0 Å². The largest absolute Gasteiger partial charge is 0.192 e. The molecule has 2 rings (SSSR count). The molecular weight excluding hydrogens is 361 g/mol. The number of hydrogen-bond donors (Lipinski definition) is 0. The Morgan fingerprint density at radius 2 is 2.31 bits per heavy atom. The summed E-state index contributed by atoms with van der Waals surface area (Å²) in [7, 11) is 0. The van der Waals surface area contributed by atoms with E-state index in [2.05, 4.69) is 44.6 Å². The van der Waals surface area contributed by atoms with Crippen LogP contribution in [0.1, 0.15) is 5.56 Å². The molecule has 1 nitrogen and oxygen atoms in total. The zero-order valence-corrected chi connectivity index (χ0v) is 10.9. The Bertz CT molecular complexity index is 512. The number of halogens is 2. The van der Waals surface area contributed by atoms with Crippen LogP contribution in [0, 0.1) is 14.9 Å². The van der Waals surface area contributed by atoms with Gasteiger partial charge in [-0.25, -0.2) is 0 Å². The lowest BCUT2D eigenvalue weighted by atomic mass is 10.2. The van der Waals surface area contributed by atoms with Crippen molar-refractivity contribution in [2.75, 3.05) is 0 Å². The van der Waals surface area contributed by atoms with Gasteiger partial charge in [0.05, 0.1) is 5.56 Å². The second kappa shape index (κ2) is 3.56. The first-order chi connectivity index (χ1) is 6.24. The zero-order chi connectivity index (χ0) is 9.42. The summed E-state index contributed by atoms with van der Waals surface area (Å²) in [5, 5.41) is 12.1. The molecule has 0 bridgehead atoms. The molecule has 0 saturated carbocycles. The Hall–Kier alpha value is -0.120. The maximum absolute atomic E-state index is 8.91. The number of benzene rings is 1. The molecule has 0 saturated heterocycles. The number of hydrogen-bond acceptors (Lipinski definition) is 2. The third-order valence-corrected chi connectivity index (χ3v) is 4.30. The second-order valence-corrected chi connectivity index (χ2v) is 5.39. The van der Waals surface area contributed by atoms with Crippen molar-refractivity contribution in [1.29, 1.82) is 5.26 Å². The number of nitriles is 1. The van der Waals surface area contributed by atoms with E-state index in [1.54, 1.807) is 11.3 Å². The second-order valence-electron chi connectivity index (χ2n) is 2.49. The lowest BCUT2D eigenvalue weighted by Crippen LogP contribution is -1.83. The van der Waals surface area contributed by atoms with Crippen LogP contribution in [0.5, 0.6) is 0 Å². The summed E-state index contributed by atoms with van der Waals surface area (Å²) < 4.78 is 3.13. The van der Waals surface area contributed by atoms with E-state index in [4.69, 9.17) is 5.26 Å². The van der Waals surface area contributed by atoms with Crippen LogP contribution in [-0.2, 0) is 0 Å². The van der Waals surface area contributed by atoms with Gasteiger partial charge in [-0.05, 0) is 56.0 Å². The van der Waals surface area contributed by atoms with Gasteiger partial charge < -0.3 is 0 Å². The Balaban J connectivity index is 2.95. The first-order valence-electron chi connectivity index (χ1n) is 3.49. The maximum atomic E-state index is 8.91. The molecule has 0 fully saturated rings. The minimum absolute atomic E-state index is 0.728. The summed E-state index contributed by atoms with van der Waals surface area (Å²) in [5.41, 5.74) is 0.728. The van der Waals surface area contributed by atoms with E-state index >= 15 is 0 Å². The van der Waals surface area contributed by atoms with Crippen molar-refractivity contribution in [3.8, 4) is 6.07 Å². The average Bonchev–Trinajstić information content (AvgIpc) is 2.53. The molecule has 0 aliphatic heterocycles. The molecule has 13 heavy (non-hydrogen) atoms. The van der Waals surface area contributed by atoms with Gasteiger partial charge in [-0.15, -0.1) is 11.3 Å². The highest BCUT2D eigenvalue weighted by Gasteiger charge is 2.09. The molecule has 1 aromatic carbocycles. The van der Waals surface area contributed by atoms with Crippen molar-refractivity contribution < 1.29 is 0 Å². The van der Waals surface area contributed by atoms with Crippen LogP contribution in [-0.4, -0.2) is 0 Å². The summed E-state index contributed by atoms with van der Waals surface area (Å²) in [6, 6.07) is 6.27. The predicted octanol–water partition coefficient (Wildman–Crippen LogP) is 4.14. The van der Waals surface area contributed by atoms with Gasteiger partial charge in [-0.2, -0.15) is 5.26 Å². The fraction of sp³-hybridized carbons (Fsp3) is 0. The molecule has 0 aliphatic carbocycles. The SMILES string of the molecule is N#Cc1c(I)cc2sccc2c1Br. The van der Waals surface area contributed by atoms with Crippen LogP contribution in [0.15, 0.2) is 22.0 Å². The van der Waals surface area contributed by atoms with Crippen molar-refractivity contribution in [3.05, 3.63) is 31.1 Å². The Morgan fingerprint density at radius 1 is 1.54 bits per heavy atom. The predicted molar refractivity (Wildman–Crippen MR) is 67.0 cm³/mol. The molecule has 0 spiro atoms. The monoisotopic (exact) mass is 363 g/mol. The maximum Gasteiger partial charge on any atom is 0.101 e. The number of fused-ring (bicyclic) bond motifs is 1. The minimum Gasteiger partial charge on any atom is -0.192 e. The van der Waals surface area contributed by atoms with Crippen molar-refractivity contribution in [2.24, 2.45) is 0 Å². The van der Waals surface area contributed by atoms with E-state index in [1.165, 1.54) is 4.70 Å². The van der Waals surface area contributed by atoms with Crippen molar-refractivity contribution >= 4 is 59.9 Å². The highest BCUT2D eigenvalue weighted by atomic mass is 127. The minimum atomic E-state index is 0.728. The van der Waals surface area contributed by atoms with Crippen molar-refractivity contribution in [2.45, 2.75) is 0 Å². The van der Waals surface area contributed by atoms with Gasteiger partial charge in [0.15, 0.2) is 0 Å². The van der Waals surface area contributed by atoms with Crippen LogP contribution >= 0.6 is 49.9 Å². The third-order valence-electron chi connectivity index (χ3n) is 1.76. The van der Waals surface area contributed by atoms with Crippen LogP contribution in [0.25, 0.3) is 10.1 Å². The molecule has 1 heterocycles. The van der Waals surface area contributed by atoms with E-state index in [1.807, 2.05) is 17.5 Å². The molecule has 0 unspecified atom stereocenters. The summed E-state index contributed by atoms with van der Waals surface area (Å²) in [6.07, 6.45) is 0. The van der Waals surface area contributed by atoms with Crippen LogP contribution in [0.3, 0.4) is 0 Å². The van der Waals surface area contributed by atoms with Crippen LogP contribution in [0.4, 0.5) is 0 Å². The van der Waals surface area contributed by atoms with Gasteiger partial charge in [-0.3, -0.25) is 0 Å². The molecule has 0 aliphatic rings. The lowest BCUT2D eigenvalue weighted by Gasteiger charge is -2.00. The smallest absolute Gasteiger partial charge is 0.101 e. The highest BCUT2D eigenvalue weighted by Crippen LogP contribution is 2.33. The highest BCUT2D eigenvalue weighted by molar-refractivity contribution is 14.1. The Labute approximate surface area is 102 Å². The lowest BCUT2D eigenvalue weighted by molar-refractivity contribution is 1.47. The van der Waals surface area contributed by atoms with E-state index in [9.17, 15) is 0 Å². The molecule has 64 valence electrons. The molecule has 0 N–H and O–H groups in total. The molecule has 0 atom stereocenters. The van der Waals surface area contributed by atoms with Gasteiger partial charge >= 0.3 is 0 Å². The summed E-state index contributed by atoms with van der Waals surface area (Å²) in [4.78, 5) is 0. The third kappa shape index (κ3) is 1.49. The topological polar surface area (TPSA) is 23.8 Å². The van der Waals surface area contributed by atoms with E-state index in [-0.39, 0.29) is 0 Å². The van der Waals surface area contributed by atoms with Crippen molar-refractivity contribution in [1.82, 2.24) is 0 Å². The van der Waals surface area contributed by atoms with Gasteiger partial charge in [0.25, 0.3) is 0 Å². The first kappa shape index (κ1) is 9.44. The van der Waals surface area contributed by atoms with Gasteiger partial charge in [0.1, 0.15) is 6.07 Å². The van der Waals surface area contributed by atoms with Crippen LogP contribution < -0.4 is 0 Å². The fourth-order valence-corrected chi connectivity index (χ4v) is 4.04. The Kier molecular flexibility index (Phi) is 2.58. The number of rotatable bonds is 0. The molecule has 4 heteroatoms. The van der Waals surface area contributed by atoms with Crippen molar-refractivity contribution in [3.63, 3.8) is 0 Å². The number of nitrogens with zero attached hydrogens (tertiary/aromatic N) is 1. The van der Waals surface area contributed by atoms with Gasteiger partial charge in [-0.1, -0.05) is 0 Å². The first-order valence-corrected chi connectivity index (χ1v) is 6.24. The fourth-order valence-electron chi connectivity index (χ4n) is 1.14. The Morgan fingerprint density at radius 3 is 3.00 bits per heavy atom. The molecule has 2 aromatic rings. The van der Waals surface area contributed by atoms with E-state index in [0.29, 0.717) is 0 Å². The quantitative estimate of drug-likeness (QED) is 0.645. The average molecular weight is 364 g/mol. The molecule has 0 amide bonds.